The molecule has 2 rings (SSSR count). The molecule has 0 saturated heterocycles. The summed E-state index contributed by atoms with van der Waals surface area (Å²) >= 11 is 0. The van der Waals surface area contributed by atoms with Crippen LogP contribution in [-0.4, -0.2) is 18.4 Å². The molecule has 0 radical (unpaired) electrons. The average molecular weight is 471 g/mol. The van der Waals surface area contributed by atoms with Gasteiger partial charge in [0.15, 0.2) is 0 Å². The molecule has 0 unspecified atom stereocenters. The Bertz CT molecular complexity index is 523. The minimum atomic E-state index is -3.12. The van der Waals surface area contributed by atoms with Crippen LogP contribution in [0, 0.1) is 35.5 Å². The van der Waals surface area contributed by atoms with Gasteiger partial charge in [0.05, 0.1) is 18.4 Å². The van der Waals surface area contributed by atoms with Gasteiger partial charge in [-0.1, -0.05) is 93.4 Å². The number of hydrogen-bond donors (Lipinski definition) is 0. The largest absolute Gasteiger partial charge is 0.331 e. The summed E-state index contributed by atoms with van der Waals surface area (Å²) in [6.45, 7) is 16.1. The Labute approximate surface area is 200 Å². The highest BCUT2D eigenvalue weighted by atomic mass is 31.2. The maximum Gasteiger partial charge on any atom is 0.331 e. The van der Waals surface area contributed by atoms with E-state index in [4.69, 9.17) is 9.05 Å². The van der Waals surface area contributed by atoms with E-state index >= 15 is 0 Å². The van der Waals surface area contributed by atoms with Gasteiger partial charge in [-0.25, -0.2) is 0 Å². The van der Waals surface area contributed by atoms with Crippen molar-refractivity contribution < 1.29 is 13.6 Å². The van der Waals surface area contributed by atoms with Crippen LogP contribution in [-0.2, 0) is 13.6 Å². The van der Waals surface area contributed by atoms with Crippen molar-refractivity contribution in [3.63, 3.8) is 0 Å². The zero-order valence-electron chi connectivity index (χ0n) is 22.5. The Morgan fingerprint density at radius 3 is 1.59 bits per heavy atom. The number of unbranched alkanes of at least 4 members (excludes halogenated alkanes) is 5. The van der Waals surface area contributed by atoms with Crippen LogP contribution in [0.5, 0.6) is 0 Å². The molecule has 2 aliphatic rings. The molecule has 32 heavy (non-hydrogen) atoms. The lowest BCUT2D eigenvalue weighted by atomic mass is 9.75. The molecule has 2 fully saturated rings. The summed E-state index contributed by atoms with van der Waals surface area (Å²) in [7, 11) is -3.12. The van der Waals surface area contributed by atoms with Gasteiger partial charge >= 0.3 is 7.60 Å². The maximum absolute atomic E-state index is 14.3. The fourth-order valence-corrected chi connectivity index (χ4v) is 8.28. The molecule has 0 amide bonds. The van der Waals surface area contributed by atoms with Gasteiger partial charge in [-0.2, -0.15) is 0 Å². The molecule has 2 aliphatic carbocycles. The van der Waals surface area contributed by atoms with Crippen molar-refractivity contribution in [3.05, 3.63) is 0 Å². The molecule has 190 valence electrons. The quantitative estimate of drug-likeness (QED) is 0.198. The lowest BCUT2D eigenvalue weighted by molar-refractivity contribution is -0.00352. The van der Waals surface area contributed by atoms with Crippen molar-refractivity contribution in [3.8, 4) is 0 Å². The monoisotopic (exact) mass is 470 g/mol. The highest BCUT2D eigenvalue weighted by molar-refractivity contribution is 7.53. The molecule has 0 aromatic rings. The topological polar surface area (TPSA) is 35.5 Å². The minimum Gasteiger partial charge on any atom is -0.305 e. The minimum absolute atomic E-state index is 0.0863. The van der Waals surface area contributed by atoms with Crippen LogP contribution in [0.2, 0.25) is 0 Å². The van der Waals surface area contributed by atoms with Gasteiger partial charge in [-0.05, 0) is 67.6 Å². The number of rotatable bonds is 13. The van der Waals surface area contributed by atoms with Gasteiger partial charge in [-0.3, -0.25) is 4.57 Å². The van der Waals surface area contributed by atoms with Crippen molar-refractivity contribution in [1.82, 2.24) is 0 Å². The molecule has 0 bridgehead atoms. The van der Waals surface area contributed by atoms with E-state index in [9.17, 15) is 4.57 Å². The maximum atomic E-state index is 14.3. The third-order valence-corrected chi connectivity index (χ3v) is 10.3. The molecule has 2 saturated carbocycles. The van der Waals surface area contributed by atoms with Gasteiger partial charge in [0.25, 0.3) is 0 Å². The molecule has 0 aliphatic heterocycles. The summed E-state index contributed by atoms with van der Waals surface area (Å²) in [5.41, 5.74) is 0. The smallest absolute Gasteiger partial charge is 0.305 e. The first-order valence-corrected chi connectivity index (χ1v) is 15.8. The van der Waals surface area contributed by atoms with Gasteiger partial charge in [0.1, 0.15) is 0 Å². The Morgan fingerprint density at radius 2 is 1.16 bits per heavy atom. The van der Waals surface area contributed by atoms with Gasteiger partial charge in [0.2, 0.25) is 0 Å². The molecule has 0 spiro atoms. The van der Waals surface area contributed by atoms with Crippen molar-refractivity contribution in [1.29, 1.82) is 0 Å². The summed E-state index contributed by atoms with van der Waals surface area (Å²) < 4.78 is 27.6. The van der Waals surface area contributed by atoms with E-state index in [1.807, 2.05) is 0 Å². The van der Waals surface area contributed by atoms with Crippen LogP contribution >= 0.6 is 7.60 Å². The van der Waals surface area contributed by atoms with E-state index in [1.54, 1.807) is 0 Å². The lowest BCUT2D eigenvalue weighted by Gasteiger charge is -2.42. The first-order valence-electron chi connectivity index (χ1n) is 14.1. The van der Waals surface area contributed by atoms with E-state index < -0.39 is 7.60 Å². The third kappa shape index (κ3) is 9.07. The van der Waals surface area contributed by atoms with E-state index in [1.165, 1.54) is 51.4 Å². The Hall–Kier alpha value is 0.150. The second kappa shape index (κ2) is 13.9. The van der Waals surface area contributed by atoms with Crippen molar-refractivity contribution in [2.75, 3.05) is 6.16 Å². The summed E-state index contributed by atoms with van der Waals surface area (Å²) in [6.07, 6.45) is 14.9. The predicted molar refractivity (Wildman–Crippen MR) is 138 cm³/mol. The highest BCUT2D eigenvalue weighted by Crippen LogP contribution is 2.56. The fraction of sp³-hybridized carbons (Fsp3) is 1.00. The summed E-state index contributed by atoms with van der Waals surface area (Å²) in [5, 5.41) is 0. The van der Waals surface area contributed by atoms with Crippen LogP contribution in [0.3, 0.4) is 0 Å². The second-order valence-corrected chi connectivity index (χ2v) is 14.1. The Kier molecular flexibility index (Phi) is 12.3. The molecule has 0 aromatic heterocycles. The Morgan fingerprint density at radius 1 is 0.719 bits per heavy atom. The zero-order chi connectivity index (χ0) is 23.7. The first-order chi connectivity index (χ1) is 15.1. The lowest BCUT2D eigenvalue weighted by Crippen LogP contribution is -2.36. The van der Waals surface area contributed by atoms with E-state index in [0.29, 0.717) is 41.7 Å². The van der Waals surface area contributed by atoms with Crippen LogP contribution < -0.4 is 0 Å². The molecule has 0 aromatic carbocycles. The molecular weight excluding hydrogens is 415 g/mol. The summed E-state index contributed by atoms with van der Waals surface area (Å²) in [4.78, 5) is 0. The van der Waals surface area contributed by atoms with Crippen LogP contribution in [0.15, 0.2) is 0 Å². The zero-order valence-corrected chi connectivity index (χ0v) is 23.4. The molecule has 3 nitrogen and oxygen atoms in total. The van der Waals surface area contributed by atoms with Crippen LogP contribution in [0.4, 0.5) is 0 Å². The molecule has 0 heterocycles. The van der Waals surface area contributed by atoms with Crippen LogP contribution in [0.1, 0.15) is 126 Å². The van der Waals surface area contributed by atoms with Crippen molar-refractivity contribution >= 4 is 7.60 Å². The Balaban J connectivity index is 2.12. The van der Waals surface area contributed by atoms with E-state index in [2.05, 4.69) is 48.5 Å². The van der Waals surface area contributed by atoms with E-state index in [0.717, 1.165) is 25.7 Å². The summed E-state index contributed by atoms with van der Waals surface area (Å²) in [6, 6.07) is 0. The van der Waals surface area contributed by atoms with Crippen LogP contribution in [0.25, 0.3) is 0 Å². The van der Waals surface area contributed by atoms with Gasteiger partial charge in [-0.15, -0.1) is 0 Å². The van der Waals surface area contributed by atoms with E-state index in [-0.39, 0.29) is 12.2 Å². The molecule has 4 heteroatoms. The number of hydrogen-bond acceptors (Lipinski definition) is 3. The van der Waals surface area contributed by atoms with Crippen molar-refractivity contribution in [2.45, 2.75) is 138 Å². The summed E-state index contributed by atoms with van der Waals surface area (Å²) in [5.74, 6) is 3.42. The second-order valence-electron chi connectivity index (χ2n) is 12.0. The first kappa shape index (κ1) is 28.4. The average Bonchev–Trinajstić information content (AvgIpc) is 2.70. The van der Waals surface area contributed by atoms with Gasteiger partial charge in [0, 0.05) is 0 Å². The molecular formula is C28H55O3P. The highest BCUT2D eigenvalue weighted by Gasteiger charge is 2.41. The third-order valence-electron chi connectivity index (χ3n) is 8.30. The molecule has 0 N–H and O–H groups in total. The molecule has 6 atom stereocenters. The predicted octanol–water partition coefficient (Wildman–Crippen LogP) is 9.49. The van der Waals surface area contributed by atoms with Crippen molar-refractivity contribution in [2.24, 2.45) is 35.5 Å². The fourth-order valence-electron chi connectivity index (χ4n) is 6.10. The standard InChI is InChI=1S/C28H55O3P/c1-8-9-10-11-12-13-18-32(29,30-27-19-23(6)14-16-25(27)21(2)3)31-28-20-24(7)15-17-26(28)22(4)5/h21-28H,8-20H2,1-7H3/t23-,24-,25+,26+,27-,28-/m1/s1. The van der Waals surface area contributed by atoms with Gasteiger partial charge < -0.3 is 9.05 Å². The SMILES string of the molecule is CCCCCCCCP(=O)(O[C@@H]1C[C@H](C)CC[C@H]1C(C)C)O[C@@H]1C[C@H](C)CC[C@H]1C(C)C. The normalized spacial score (nSPS) is 32.0.